The molecule has 7 heteroatoms. The fourth-order valence-electron chi connectivity index (χ4n) is 3.21. The Hall–Kier alpha value is -0.210. The summed E-state index contributed by atoms with van der Waals surface area (Å²) in [5.74, 6) is 0. The number of hydrogen-bond donors (Lipinski definition) is 2. The Kier molecular flexibility index (Phi) is 5.80. The molecule has 2 fully saturated rings. The van der Waals surface area contributed by atoms with E-state index in [1.165, 1.54) is 12.8 Å². The van der Waals surface area contributed by atoms with E-state index in [4.69, 9.17) is 5.73 Å². The van der Waals surface area contributed by atoms with E-state index in [2.05, 4.69) is 16.7 Å². The lowest BCUT2D eigenvalue weighted by molar-refractivity contribution is 0.185. The van der Waals surface area contributed by atoms with Gasteiger partial charge in [-0.2, -0.15) is 12.7 Å². The number of likely N-dealkylation sites (N-methyl/N-ethyl adjacent to an activating group) is 1. The van der Waals surface area contributed by atoms with E-state index in [0.717, 1.165) is 32.2 Å². The van der Waals surface area contributed by atoms with Gasteiger partial charge < -0.3 is 10.6 Å². The smallest absolute Gasteiger partial charge is 0.279 e. The van der Waals surface area contributed by atoms with Crippen LogP contribution >= 0.6 is 0 Å². The first-order valence-corrected chi connectivity index (χ1v) is 9.15. The van der Waals surface area contributed by atoms with Gasteiger partial charge in [-0.15, -0.1) is 0 Å². The third-order valence-corrected chi connectivity index (χ3v) is 6.21. The number of nitrogens with one attached hydrogen (secondary N) is 1. The molecule has 0 aromatic rings. The highest BCUT2D eigenvalue weighted by atomic mass is 32.2. The lowest BCUT2D eigenvalue weighted by Crippen LogP contribution is -2.54. The topological polar surface area (TPSA) is 78.7 Å². The van der Waals surface area contributed by atoms with Crippen molar-refractivity contribution in [2.75, 3.05) is 33.2 Å². The number of likely N-dealkylation sites (tertiary alicyclic amines) is 1. The van der Waals surface area contributed by atoms with Gasteiger partial charge in [0.15, 0.2) is 0 Å². The van der Waals surface area contributed by atoms with Gasteiger partial charge >= 0.3 is 0 Å². The molecule has 2 unspecified atom stereocenters. The highest BCUT2D eigenvalue weighted by molar-refractivity contribution is 7.87. The fourth-order valence-corrected chi connectivity index (χ4v) is 4.73. The van der Waals surface area contributed by atoms with Crippen LogP contribution in [-0.2, 0) is 10.2 Å². The van der Waals surface area contributed by atoms with Crippen LogP contribution in [0.15, 0.2) is 0 Å². The maximum atomic E-state index is 12.4. The van der Waals surface area contributed by atoms with E-state index in [1.807, 2.05) is 0 Å². The highest BCUT2D eigenvalue weighted by Gasteiger charge is 2.32. The Labute approximate surface area is 122 Å². The molecular weight excluding hydrogens is 276 g/mol. The lowest BCUT2D eigenvalue weighted by atomic mass is 10.0. The van der Waals surface area contributed by atoms with Crippen LogP contribution in [0.4, 0.5) is 0 Å². The largest absolute Gasteiger partial charge is 0.329 e. The van der Waals surface area contributed by atoms with Crippen LogP contribution in [0, 0.1) is 0 Å². The maximum Gasteiger partial charge on any atom is 0.279 e. The molecule has 2 heterocycles. The zero-order valence-electron chi connectivity index (χ0n) is 12.4. The summed E-state index contributed by atoms with van der Waals surface area (Å²) in [6.45, 7) is 2.57. The SMILES string of the molecule is CN1CCCCC1CNS(=O)(=O)N1CCCCC1CN. The van der Waals surface area contributed by atoms with Crippen molar-refractivity contribution in [2.24, 2.45) is 5.73 Å². The van der Waals surface area contributed by atoms with Gasteiger partial charge in [-0.25, -0.2) is 4.72 Å². The van der Waals surface area contributed by atoms with Crippen molar-refractivity contribution >= 4 is 10.2 Å². The van der Waals surface area contributed by atoms with Gasteiger partial charge in [0.05, 0.1) is 0 Å². The van der Waals surface area contributed by atoms with Gasteiger partial charge in [0.25, 0.3) is 10.2 Å². The van der Waals surface area contributed by atoms with Crippen LogP contribution in [0.5, 0.6) is 0 Å². The molecule has 2 saturated heterocycles. The number of nitrogens with zero attached hydrogens (tertiary/aromatic N) is 2. The molecule has 2 aliphatic heterocycles. The Morgan fingerprint density at radius 1 is 1.10 bits per heavy atom. The van der Waals surface area contributed by atoms with Gasteiger partial charge in [-0.3, -0.25) is 0 Å². The van der Waals surface area contributed by atoms with Gasteiger partial charge in [0, 0.05) is 31.7 Å². The summed E-state index contributed by atoms with van der Waals surface area (Å²) >= 11 is 0. The zero-order valence-corrected chi connectivity index (χ0v) is 13.2. The number of piperidine rings is 2. The summed E-state index contributed by atoms with van der Waals surface area (Å²) in [6.07, 6.45) is 6.34. The average Bonchev–Trinajstić information content (AvgIpc) is 2.46. The second kappa shape index (κ2) is 7.17. The third-order valence-electron chi connectivity index (χ3n) is 4.58. The second-order valence-corrected chi connectivity index (χ2v) is 7.69. The van der Waals surface area contributed by atoms with E-state index < -0.39 is 10.2 Å². The lowest BCUT2D eigenvalue weighted by Gasteiger charge is -2.36. The van der Waals surface area contributed by atoms with Crippen LogP contribution in [0.1, 0.15) is 38.5 Å². The van der Waals surface area contributed by atoms with Crippen molar-refractivity contribution in [2.45, 2.75) is 50.6 Å². The molecule has 2 atom stereocenters. The first kappa shape index (κ1) is 16.2. The predicted molar refractivity (Wildman–Crippen MR) is 80.6 cm³/mol. The van der Waals surface area contributed by atoms with Crippen LogP contribution in [0.25, 0.3) is 0 Å². The normalized spacial score (nSPS) is 30.5. The summed E-state index contributed by atoms with van der Waals surface area (Å²) in [5, 5.41) is 0. The van der Waals surface area contributed by atoms with Crippen LogP contribution in [0.2, 0.25) is 0 Å². The van der Waals surface area contributed by atoms with E-state index >= 15 is 0 Å². The number of hydrogen-bond acceptors (Lipinski definition) is 4. The van der Waals surface area contributed by atoms with Crippen LogP contribution < -0.4 is 10.5 Å². The molecule has 0 saturated carbocycles. The number of rotatable bonds is 5. The molecule has 0 aromatic carbocycles. The molecule has 0 aliphatic carbocycles. The van der Waals surface area contributed by atoms with E-state index in [9.17, 15) is 8.42 Å². The summed E-state index contributed by atoms with van der Waals surface area (Å²) in [7, 11) is -1.32. The Morgan fingerprint density at radius 3 is 2.40 bits per heavy atom. The Balaban J connectivity index is 1.92. The highest BCUT2D eigenvalue weighted by Crippen LogP contribution is 2.19. The standard InChI is InChI=1S/C13H28N4O2S/c1-16-8-4-2-7-13(16)11-15-20(18,19)17-9-5-3-6-12(17)10-14/h12-13,15H,2-11,14H2,1H3. The monoisotopic (exact) mass is 304 g/mol. The van der Waals surface area contributed by atoms with Crippen LogP contribution in [0.3, 0.4) is 0 Å². The van der Waals surface area contributed by atoms with Crippen molar-refractivity contribution in [3.05, 3.63) is 0 Å². The summed E-state index contributed by atoms with van der Waals surface area (Å²) in [5.41, 5.74) is 5.71. The van der Waals surface area contributed by atoms with Gasteiger partial charge in [-0.1, -0.05) is 12.8 Å². The zero-order chi connectivity index (χ0) is 14.6. The molecule has 2 aliphatic rings. The van der Waals surface area contributed by atoms with Crippen molar-refractivity contribution < 1.29 is 8.42 Å². The minimum absolute atomic E-state index is 0.0367. The average molecular weight is 304 g/mol. The molecule has 0 radical (unpaired) electrons. The van der Waals surface area contributed by atoms with E-state index in [0.29, 0.717) is 25.7 Å². The van der Waals surface area contributed by atoms with Crippen molar-refractivity contribution in [3.8, 4) is 0 Å². The van der Waals surface area contributed by atoms with Gasteiger partial charge in [-0.05, 0) is 39.3 Å². The third kappa shape index (κ3) is 3.92. The molecule has 118 valence electrons. The summed E-state index contributed by atoms with van der Waals surface area (Å²) in [4.78, 5) is 2.25. The first-order valence-electron chi connectivity index (χ1n) is 7.71. The molecule has 6 nitrogen and oxygen atoms in total. The van der Waals surface area contributed by atoms with Gasteiger partial charge in [0.1, 0.15) is 0 Å². The minimum atomic E-state index is -3.39. The quantitative estimate of drug-likeness (QED) is 0.756. The fraction of sp³-hybridized carbons (Fsp3) is 1.00. The minimum Gasteiger partial charge on any atom is -0.329 e. The maximum absolute atomic E-state index is 12.4. The first-order chi connectivity index (χ1) is 9.54. The summed E-state index contributed by atoms with van der Waals surface area (Å²) < 4.78 is 29.3. The molecule has 3 N–H and O–H groups in total. The van der Waals surface area contributed by atoms with E-state index in [-0.39, 0.29) is 6.04 Å². The molecule has 20 heavy (non-hydrogen) atoms. The summed E-state index contributed by atoms with van der Waals surface area (Å²) in [6, 6.07) is 0.282. The molecule has 2 rings (SSSR count). The van der Waals surface area contributed by atoms with Crippen LogP contribution in [-0.4, -0.2) is 62.9 Å². The Bertz CT molecular complexity index is 401. The molecule has 0 bridgehead atoms. The predicted octanol–water partition coefficient (Wildman–Crippen LogP) is 0.118. The molecule has 0 amide bonds. The molecule has 0 spiro atoms. The van der Waals surface area contributed by atoms with Crippen molar-refractivity contribution in [3.63, 3.8) is 0 Å². The molecule has 0 aromatic heterocycles. The van der Waals surface area contributed by atoms with Crippen molar-refractivity contribution in [1.82, 2.24) is 13.9 Å². The van der Waals surface area contributed by atoms with Crippen molar-refractivity contribution in [1.29, 1.82) is 0 Å². The Morgan fingerprint density at radius 2 is 1.75 bits per heavy atom. The van der Waals surface area contributed by atoms with Gasteiger partial charge in [0.2, 0.25) is 0 Å². The molecular formula is C13H28N4O2S. The van der Waals surface area contributed by atoms with E-state index in [1.54, 1.807) is 4.31 Å². The second-order valence-electron chi connectivity index (χ2n) is 5.98. The number of nitrogens with two attached hydrogens (primary N) is 1.